The Kier molecular flexibility index (Phi) is 5.04. The number of rotatable bonds is 6. The van der Waals surface area contributed by atoms with Crippen LogP contribution in [0.3, 0.4) is 0 Å². The minimum absolute atomic E-state index is 0.215. The van der Waals surface area contributed by atoms with E-state index in [-0.39, 0.29) is 18.1 Å². The summed E-state index contributed by atoms with van der Waals surface area (Å²) in [6.07, 6.45) is 1.67. The number of allylic oxidation sites excluding steroid dienone is 1. The monoisotopic (exact) mass is 373 g/mol. The zero-order valence-electron chi connectivity index (χ0n) is 13.7. The summed E-state index contributed by atoms with van der Waals surface area (Å²) in [5.41, 5.74) is 0.420. The molecule has 2 heterocycles. The Morgan fingerprint density at radius 1 is 1.38 bits per heavy atom. The van der Waals surface area contributed by atoms with Crippen LogP contribution in [-0.2, 0) is 9.59 Å². The molecule has 8 heteroatoms. The van der Waals surface area contributed by atoms with Gasteiger partial charge in [-0.15, -0.1) is 11.3 Å². The van der Waals surface area contributed by atoms with Crippen molar-refractivity contribution in [2.75, 3.05) is 6.61 Å². The molecule has 2 aromatic rings. The predicted octanol–water partition coefficient (Wildman–Crippen LogP) is 2.33. The number of ether oxygens (including phenoxy) is 2. The SMILES string of the molecule is C[C@H](NC(=O)COc1ccc2c(c1)O/C(=C\c1cccs1)C2=O)C(=O)O. The zero-order chi connectivity index (χ0) is 18.7. The van der Waals surface area contributed by atoms with Crippen LogP contribution in [0.2, 0.25) is 0 Å². The Morgan fingerprint density at radius 2 is 2.19 bits per heavy atom. The summed E-state index contributed by atoms with van der Waals surface area (Å²) in [4.78, 5) is 35.6. The third-order valence-electron chi connectivity index (χ3n) is 3.58. The Morgan fingerprint density at radius 3 is 2.88 bits per heavy atom. The molecule has 1 amide bonds. The van der Waals surface area contributed by atoms with Gasteiger partial charge in [0.05, 0.1) is 5.56 Å². The normalized spacial score (nSPS) is 15.3. The molecule has 1 atom stereocenters. The van der Waals surface area contributed by atoms with E-state index in [0.717, 1.165) is 4.88 Å². The van der Waals surface area contributed by atoms with Crippen LogP contribution in [0, 0.1) is 0 Å². The molecule has 0 spiro atoms. The van der Waals surface area contributed by atoms with Crippen LogP contribution in [-0.4, -0.2) is 35.4 Å². The number of Topliss-reactive ketones (excluding diaryl/α,β-unsaturated/α-hetero) is 1. The summed E-state index contributed by atoms with van der Waals surface area (Å²) < 4.78 is 10.9. The highest BCUT2D eigenvalue weighted by Crippen LogP contribution is 2.35. The minimum Gasteiger partial charge on any atom is -0.484 e. The van der Waals surface area contributed by atoms with Gasteiger partial charge in [0.2, 0.25) is 5.78 Å². The number of nitrogens with one attached hydrogen (secondary N) is 1. The molecular formula is C18H15NO6S. The summed E-state index contributed by atoms with van der Waals surface area (Å²) in [6, 6.07) is 7.41. The fourth-order valence-corrected chi connectivity index (χ4v) is 2.90. The smallest absolute Gasteiger partial charge is 0.325 e. The number of carboxylic acid groups (broad SMARTS) is 1. The lowest BCUT2D eigenvalue weighted by atomic mass is 10.1. The number of carbonyl (C=O) groups is 3. The molecule has 0 saturated heterocycles. The molecule has 0 bridgehead atoms. The van der Waals surface area contributed by atoms with Gasteiger partial charge >= 0.3 is 5.97 Å². The van der Waals surface area contributed by atoms with Crippen molar-refractivity contribution in [3.05, 3.63) is 51.9 Å². The van der Waals surface area contributed by atoms with Gasteiger partial charge in [-0.2, -0.15) is 0 Å². The fraction of sp³-hybridized carbons (Fsp3) is 0.167. The lowest BCUT2D eigenvalue weighted by Gasteiger charge is -2.10. The van der Waals surface area contributed by atoms with Crippen LogP contribution < -0.4 is 14.8 Å². The first kappa shape index (κ1) is 17.7. The van der Waals surface area contributed by atoms with E-state index < -0.39 is 17.9 Å². The van der Waals surface area contributed by atoms with Crippen LogP contribution in [0.1, 0.15) is 22.2 Å². The number of ketones is 1. The Balaban J connectivity index is 1.65. The molecule has 1 aromatic heterocycles. The zero-order valence-corrected chi connectivity index (χ0v) is 14.5. The number of carbonyl (C=O) groups excluding carboxylic acids is 2. The Labute approximate surface area is 152 Å². The topological polar surface area (TPSA) is 102 Å². The molecule has 1 aromatic carbocycles. The highest BCUT2D eigenvalue weighted by Gasteiger charge is 2.28. The number of thiophene rings is 1. The van der Waals surface area contributed by atoms with Crippen molar-refractivity contribution in [3.8, 4) is 11.5 Å². The largest absolute Gasteiger partial charge is 0.484 e. The first-order chi connectivity index (χ1) is 12.4. The maximum atomic E-state index is 12.3. The molecule has 1 aliphatic heterocycles. The third-order valence-corrected chi connectivity index (χ3v) is 4.40. The first-order valence-corrected chi connectivity index (χ1v) is 8.59. The summed E-state index contributed by atoms with van der Waals surface area (Å²) in [6.45, 7) is 1.01. The van der Waals surface area contributed by atoms with E-state index in [1.165, 1.54) is 24.3 Å². The van der Waals surface area contributed by atoms with Gasteiger partial charge < -0.3 is 19.9 Å². The summed E-state index contributed by atoms with van der Waals surface area (Å²) in [5, 5.41) is 12.9. The number of hydrogen-bond acceptors (Lipinski definition) is 6. The van der Waals surface area contributed by atoms with Gasteiger partial charge in [-0.1, -0.05) is 6.07 Å². The van der Waals surface area contributed by atoms with Gasteiger partial charge in [0.15, 0.2) is 12.4 Å². The van der Waals surface area contributed by atoms with Crippen molar-refractivity contribution in [1.82, 2.24) is 5.32 Å². The number of hydrogen-bond donors (Lipinski definition) is 2. The van der Waals surface area contributed by atoms with Crippen LogP contribution in [0.15, 0.2) is 41.5 Å². The average Bonchev–Trinajstić information content (AvgIpc) is 3.22. The number of amides is 1. The standard InChI is InChI=1S/C18H15NO6S/c1-10(18(22)23)19-16(20)9-24-11-4-5-13-14(7-11)25-15(17(13)21)8-12-3-2-6-26-12/h2-8,10H,9H2,1H3,(H,19,20)(H,22,23)/b15-8-/t10-/m0/s1. The van der Waals surface area contributed by atoms with Crippen molar-refractivity contribution in [1.29, 1.82) is 0 Å². The van der Waals surface area contributed by atoms with E-state index in [1.54, 1.807) is 18.2 Å². The molecule has 7 nitrogen and oxygen atoms in total. The molecule has 0 unspecified atom stereocenters. The molecule has 0 aliphatic carbocycles. The van der Waals surface area contributed by atoms with Gasteiger partial charge in [-0.25, -0.2) is 0 Å². The molecular weight excluding hydrogens is 358 g/mol. The van der Waals surface area contributed by atoms with Gasteiger partial charge in [0.25, 0.3) is 5.91 Å². The third kappa shape index (κ3) is 3.92. The maximum Gasteiger partial charge on any atom is 0.325 e. The highest BCUT2D eigenvalue weighted by molar-refractivity contribution is 7.10. The van der Waals surface area contributed by atoms with E-state index in [0.29, 0.717) is 17.1 Å². The van der Waals surface area contributed by atoms with Crippen LogP contribution in [0.5, 0.6) is 11.5 Å². The van der Waals surface area contributed by atoms with Crippen LogP contribution in [0.25, 0.3) is 6.08 Å². The highest BCUT2D eigenvalue weighted by atomic mass is 32.1. The number of benzene rings is 1. The van der Waals surface area contributed by atoms with Crippen LogP contribution in [0.4, 0.5) is 0 Å². The molecule has 1 aliphatic rings. The van der Waals surface area contributed by atoms with Crippen molar-refractivity contribution in [2.45, 2.75) is 13.0 Å². The summed E-state index contributed by atoms with van der Waals surface area (Å²) >= 11 is 1.49. The van der Waals surface area contributed by atoms with Crippen molar-refractivity contribution >= 4 is 35.1 Å². The number of fused-ring (bicyclic) bond motifs is 1. The first-order valence-electron chi connectivity index (χ1n) is 7.71. The Hall–Kier alpha value is -3.13. The Bertz CT molecular complexity index is 887. The molecule has 26 heavy (non-hydrogen) atoms. The second kappa shape index (κ2) is 7.40. The number of carboxylic acids is 1. The lowest BCUT2D eigenvalue weighted by Crippen LogP contribution is -2.40. The van der Waals surface area contributed by atoms with Crippen molar-refractivity contribution in [2.24, 2.45) is 0 Å². The quantitative estimate of drug-likeness (QED) is 0.754. The van der Waals surface area contributed by atoms with Gasteiger partial charge in [-0.3, -0.25) is 14.4 Å². The van der Waals surface area contributed by atoms with E-state index in [4.69, 9.17) is 14.6 Å². The summed E-state index contributed by atoms with van der Waals surface area (Å²) in [7, 11) is 0. The maximum absolute atomic E-state index is 12.3. The van der Waals surface area contributed by atoms with E-state index >= 15 is 0 Å². The van der Waals surface area contributed by atoms with E-state index in [9.17, 15) is 14.4 Å². The fourth-order valence-electron chi connectivity index (χ4n) is 2.25. The van der Waals surface area contributed by atoms with Crippen LogP contribution >= 0.6 is 11.3 Å². The molecule has 0 saturated carbocycles. The lowest BCUT2D eigenvalue weighted by molar-refractivity contribution is -0.141. The molecule has 0 radical (unpaired) electrons. The molecule has 2 N–H and O–H groups in total. The van der Waals surface area contributed by atoms with Gasteiger partial charge in [0.1, 0.15) is 17.5 Å². The summed E-state index contributed by atoms with van der Waals surface area (Å²) in [5.74, 6) is -0.981. The molecule has 134 valence electrons. The predicted molar refractivity (Wildman–Crippen MR) is 94.4 cm³/mol. The van der Waals surface area contributed by atoms with Gasteiger partial charge in [0, 0.05) is 17.0 Å². The number of aliphatic carboxylic acids is 1. The second-order valence-electron chi connectivity index (χ2n) is 5.53. The second-order valence-corrected chi connectivity index (χ2v) is 6.51. The van der Waals surface area contributed by atoms with Crippen molar-refractivity contribution < 1.29 is 29.0 Å². The van der Waals surface area contributed by atoms with E-state index in [2.05, 4.69) is 5.32 Å². The van der Waals surface area contributed by atoms with E-state index in [1.807, 2.05) is 17.5 Å². The van der Waals surface area contributed by atoms with Crippen molar-refractivity contribution in [3.63, 3.8) is 0 Å². The average molecular weight is 373 g/mol. The molecule has 3 rings (SSSR count). The minimum atomic E-state index is -1.13. The van der Waals surface area contributed by atoms with Gasteiger partial charge in [-0.05, 0) is 30.5 Å². The molecule has 0 fully saturated rings.